The number of anilines is 1. The molecular formula is C12H16N2O3S2. The van der Waals surface area contributed by atoms with Crippen LogP contribution in [-0.4, -0.2) is 25.8 Å². The lowest BCUT2D eigenvalue weighted by molar-refractivity contribution is -0.119. The van der Waals surface area contributed by atoms with E-state index in [1.807, 2.05) is 0 Å². The monoisotopic (exact) mass is 300 g/mol. The number of hydrogen-bond donors (Lipinski definition) is 2. The van der Waals surface area contributed by atoms with Gasteiger partial charge in [0.15, 0.2) is 0 Å². The highest BCUT2D eigenvalue weighted by atomic mass is 32.2. The van der Waals surface area contributed by atoms with Crippen LogP contribution in [0.25, 0.3) is 0 Å². The van der Waals surface area contributed by atoms with Crippen molar-refractivity contribution in [2.24, 2.45) is 11.1 Å². The van der Waals surface area contributed by atoms with Crippen LogP contribution in [0.15, 0.2) is 23.1 Å². The minimum atomic E-state index is -3.70. The van der Waals surface area contributed by atoms with Crippen molar-refractivity contribution in [1.82, 2.24) is 0 Å². The molecule has 1 atom stereocenters. The van der Waals surface area contributed by atoms with Gasteiger partial charge in [0.1, 0.15) is 0 Å². The average molecular weight is 300 g/mol. The summed E-state index contributed by atoms with van der Waals surface area (Å²) < 4.78 is 22.4. The molecule has 3 N–H and O–H groups in total. The Bertz CT molecular complexity index is 593. The number of primary sulfonamides is 1. The second-order valence-electron chi connectivity index (χ2n) is 4.57. The Morgan fingerprint density at radius 3 is 2.74 bits per heavy atom. The van der Waals surface area contributed by atoms with E-state index in [9.17, 15) is 13.2 Å². The van der Waals surface area contributed by atoms with Crippen molar-refractivity contribution < 1.29 is 13.2 Å². The van der Waals surface area contributed by atoms with E-state index in [2.05, 4.69) is 5.32 Å². The molecule has 1 aliphatic rings. The maximum absolute atomic E-state index is 12.0. The summed E-state index contributed by atoms with van der Waals surface area (Å²) in [5, 5.41) is 7.90. The first kappa shape index (κ1) is 14.4. The van der Waals surface area contributed by atoms with Crippen molar-refractivity contribution in [3.05, 3.63) is 23.8 Å². The zero-order valence-electron chi connectivity index (χ0n) is 10.5. The van der Waals surface area contributed by atoms with E-state index in [1.165, 1.54) is 12.1 Å². The van der Waals surface area contributed by atoms with Crippen molar-refractivity contribution >= 4 is 33.4 Å². The van der Waals surface area contributed by atoms with Gasteiger partial charge in [-0.2, -0.15) is 11.8 Å². The first-order valence-corrected chi connectivity index (χ1v) is 8.60. The minimum absolute atomic E-state index is 0.00328. The first-order chi connectivity index (χ1) is 8.88. The van der Waals surface area contributed by atoms with Gasteiger partial charge < -0.3 is 5.32 Å². The molecule has 19 heavy (non-hydrogen) atoms. The lowest BCUT2D eigenvalue weighted by Crippen LogP contribution is -2.23. The lowest BCUT2D eigenvalue weighted by Gasteiger charge is -2.12. The molecule has 0 aliphatic carbocycles. The first-order valence-electron chi connectivity index (χ1n) is 5.90. The van der Waals surface area contributed by atoms with E-state index in [4.69, 9.17) is 5.14 Å². The number of nitrogens with two attached hydrogens (primary N) is 1. The molecule has 1 unspecified atom stereocenters. The smallest absolute Gasteiger partial charge is 0.238 e. The van der Waals surface area contributed by atoms with Crippen molar-refractivity contribution in [3.63, 3.8) is 0 Å². The maximum Gasteiger partial charge on any atom is 0.238 e. The quantitative estimate of drug-likeness (QED) is 0.881. The summed E-state index contributed by atoms with van der Waals surface area (Å²) >= 11 is 1.77. The third-order valence-corrected chi connectivity index (χ3v) is 5.16. The summed E-state index contributed by atoms with van der Waals surface area (Å²) in [6.07, 6.45) is 0.894. The van der Waals surface area contributed by atoms with Gasteiger partial charge in [-0.05, 0) is 42.9 Å². The molecule has 1 aromatic carbocycles. The number of aryl methyl sites for hydroxylation is 1. The number of rotatable bonds is 3. The van der Waals surface area contributed by atoms with Crippen LogP contribution >= 0.6 is 11.8 Å². The Labute approximate surface area is 117 Å². The zero-order valence-corrected chi connectivity index (χ0v) is 12.2. The maximum atomic E-state index is 12.0. The molecule has 0 radical (unpaired) electrons. The third-order valence-electron chi connectivity index (χ3n) is 3.08. The Morgan fingerprint density at radius 1 is 1.47 bits per heavy atom. The summed E-state index contributed by atoms with van der Waals surface area (Å²) in [5.74, 6) is 1.90. The van der Waals surface area contributed by atoms with Crippen molar-refractivity contribution in [2.45, 2.75) is 18.2 Å². The van der Waals surface area contributed by atoms with Gasteiger partial charge in [-0.25, -0.2) is 13.6 Å². The second kappa shape index (κ2) is 5.52. The van der Waals surface area contributed by atoms with E-state index in [0.717, 1.165) is 17.9 Å². The van der Waals surface area contributed by atoms with E-state index in [-0.39, 0.29) is 16.7 Å². The van der Waals surface area contributed by atoms with Gasteiger partial charge in [0, 0.05) is 17.4 Å². The number of benzene rings is 1. The predicted octanol–water partition coefficient (Wildman–Crippen LogP) is 1.33. The molecule has 0 spiro atoms. The molecule has 1 saturated heterocycles. The largest absolute Gasteiger partial charge is 0.326 e. The van der Waals surface area contributed by atoms with Crippen LogP contribution in [0, 0.1) is 12.8 Å². The van der Waals surface area contributed by atoms with Crippen LogP contribution in [0.2, 0.25) is 0 Å². The molecule has 1 fully saturated rings. The highest BCUT2D eigenvalue weighted by Gasteiger charge is 2.23. The van der Waals surface area contributed by atoms with Crippen LogP contribution in [-0.2, 0) is 14.8 Å². The van der Waals surface area contributed by atoms with Crippen LogP contribution < -0.4 is 10.5 Å². The number of carbonyl (C=O) groups is 1. The van der Waals surface area contributed by atoms with E-state index in [0.29, 0.717) is 11.3 Å². The molecule has 1 aromatic rings. The molecule has 2 rings (SSSR count). The van der Waals surface area contributed by atoms with Gasteiger partial charge >= 0.3 is 0 Å². The van der Waals surface area contributed by atoms with Crippen LogP contribution in [0.5, 0.6) is 0 Å². The number of thioether (sulfide) groups is 1. The Balaban J connectivity index is 2.15. The summed E-state index contributed by atoms with van der Waals surface area (Å²) in [6, 6.07) is 4.45. The fraction of sp³-hybridized carbons (Fsp3) is 0.417. The SMILES string of the molecule is Cc1cc(S(N)(=O)=O)ccc1NC(=O)C1CCSC1. The van der Waals surface area contributed by atoms with Crippen molar-refractivity contribution in [1.29, 1.82) is 0 Å². The Morgan fingerprint density at radius 2 is 2.21 bits per heavy atom. The average Bonchev–Trinajstić information content (AvgIpc) is 2.84. The molecule has 104 valence electrons. The highest BCUT2D eigenvalue weighted by molar-refractivity contribution is 7.99. The third kappa shape index (κ3) is 3.49. The molecule has 1 heterocycles. The van der Waals surface area contributed by atoms with Crippen LogP contribution in [0.1, 0.15) is 12.0 Å². The fourth-order valence-corrected chi connectivity index (χ4v) is 3.75. The molecule has 1 aliphatic heterocycles. The Kier molecular flexibility index (Phi) is 4.17. The summed E-state index contributed by atoms with van der Waals surface area (Å²) in [5.41, 5.74) is 1.32. The van der Waals surface area contributed by atoms with Crippen LogP contribution in [0.4, 0.5) is 5.69 Å². The molecular weight excluding hydrogens is 284 g/mol. The number of amides is 1. The topological polar surface area (TPSA) is 89.3 Å². The molecule has 0 saturated carbocycles. The number of sulfonamides is 1. The Hall–Kier alpha value is -1.05. The van der Waals surface area contributed by atoms with Gasteiger partial charge in [0.2, 0.25) is 15.9 Å². The van der Waals surface area contributed by atoms with Crippen LogP contribution in [0.3, 0.4) is 0 Å². The van der Waals surface area contributed by atoms with Crippen molar-refractivity contribution in [3.8, 4) is 0 Å². The summed E-state index contributed by atoms with van der Waals surface area (Å²) in [6.45, 7) is 1.74. The summed E-state index contributed by atoms with van der Waals surface area (Å²) in [4.78, 5) is 12.0. The van der Waals surface area contributed by atoms with E-state index < -0.39 is 10.0 Å². The van der Waals surface area contributed by atoms with E-state index in [1.54, 1.807) is 24.8 Å². The van der Waals surface area contributed by atoms with Gasteiger partial charge in [-0.15, -0.1) is 0 Å². The molecule has 5 nitrogen and oxygen atoms in total. The fourth-order valence-electron chi connectivity index (χ4n) is 1.93. The molecule has 7 heteroatoms. The highest BCUT2D eigenvalue weighted by Crippen LogP contribution is 2.26. The molecule has 0 bridgehead atoms. The normalized spacial score (nSPS) is 19.4. The standard InChI is InChI=1S/C12H16N2O3S2/c1-8-6-10(19(13,16)17)2-3-11(8)14-12(15)9-4-5-18-7-9/h2-3,6,9H,4-5,7H2,1H3,(H,14,15)(H2,13,16,17). The molecule has 0 aromatic heterocycles. The second-order valence-corrected chi connectivity index (χ2v) is 7.28. The lowest BCUT2D eigenvalue weighted by atomic mass is 10.1. The van der Waals surface area contributed by atoms with E-state index >= 15 is 0 Å². The number of carbonyl (C=O) groups excluding carboxylic acids is 1. The predicted molar refractivity (Wildman–Crippen MR) is 76.6 cm³/mol. The van der Waals surface area contributed by atoms with Crippen molar-refractivity contribution in [2.75, 3.05) is 16.8 Å². The summed E-state index contributed by atoms with van der Waals surface area (Å²) in [7, 11) is -3.70. The van der Waals surface area contributed by atoms with Gasteiger partial charge in [0.05, 0.1) is 4.90 Å². The number of hydrogen-bond acceptors (Lipinski definition) is 4. The van der Waals surface area contributed by atoms with Gasteiger partial charge in [0.25, 0.3) is 0 Å². The van der Waals surface area contributed by atoms with Gasteiger partial charge in [-0.1, -0.05) is 0 Å². The molecule has 1 amide bonds. The zero-order chi connectivity index (χ0) is 14.0. The van der Waals surface area contributed by atoms with Gasteiger partial charge in [-0.3, -0.25) is 4.79 Å². The number of nitrogens with one attached hydrogen (secondary N) is 1. The minimum Gasteiger partial charge on any atom is -0.326 e.